The predicted molar refractivity (Wildman–Crippen MR) is 76.5 cm³/mol. The molecule has 0 amide bonds. The minimum Gasteiger partial charge on any atom is -0.314 e. The van der Waals surface area contributed by atoms with Crippen molar-refractivity contribution in [2.75, 3.05) is 20.1 Å². The molecule has 0 saturated heterocycles. The molecule has 0 bridgehead atoms. The molecule has 1 unspecified atom stereocenters. The van der Waals surface area contributed by atoms with Crippen molar-refractivity contribution in [3.8, 4) is 0 Å². The van der Waals surface area contributed by atoms with E-state index in [0.717, 1.165) is 6.04 Å². The molecule has 0 aromatic rings. The molecule has 2 nitrogen and oxygen atoms in total. The average molecular weight is 240 g/mol. The lowest BCUT2D eigenvalue weighted by Crippen LogP contribution is -2.35. The van der Waals surface area contributed by atoms with Gasteiger partial charge in [-0.2, -0.15) is 0 Å². The third-order valence-corrected chi connectivity index (χ3v) is 4.09. The van der Waals surface area contributed by atoms with Gasteiger partial charge in [-0.1, -0.05) is 26.2 Å². The van der Waals surface area contributed by atoms with Gasteiger partial charge in [-0.3, -0.25) is 0 Å². The number of hydrogen-bond acceptors (Lipinski definition) is 2. The predicted octanol–water partition coefficient (Wildman–Crippen LogP) is 3.42. The van der Waals surface area contributed by atoms with E-state index in [0.29, 0.717) is 6.04 Å². The van der Waals surface area contributed by atoms with Gasteiger partial charge < -0.3 is 10.2 Å². The first-order chi connectivity index (χ1) is 8.24. The van der Waals surface area contributed by atoms with E-state index in [-0.39, 0.29) is 0 Å². The van der Waals surface area contributed by atoms with Crippen LogP contribution in [0.3, 0.4) is 0 Å². The topological polar surface area (TPSA) is 15.3 Å². The standard InChI is InChI=1S/C15H32N2/c1-4-12-16-14(2)9-8-13-17(3)15-10-6-5-7-11-15/h14-16H,4-13H2,1-3H3. The van der Waals surface area contributed by atoms with Gasteiger partial charge in [-0.15, -0.1) is 0 Å². The monoisotopic (exact) mass is 240 g/mol. The zero-order valence-electron chi connectivity index (χ0n) is 12.2. The Balaban J connectivity index is 2.04. The van der Waals surface area contributed by atoms with Crippen LogP contribution in [-0.2, 0) is 0 Å². The molecule has 0 heterocycles. The van der Waals surface area contributed by atoms with E-state index < -0.39 is 0 Å². The molecule has 1 N–H and O–H groups in total. The molecule has 1 atom stereocenters. The van der Waals surface area contributed by atoms with Crippen LogP contribution >= 0.6 is 0 Å². The van der Waals surface area contributed by atoms with Crippen molar-refractivity contribution in [2.24, 2.45) is 0 Å². The van der Waals surface area contributed by atoms with Crippen molar-refractivity contribution < 1.29 is 0 Å². The third-order valence-electron chi connectivity index (χ3n) is 4.09. The quantitative estimate of drug-likeness (QED) is 0.699. The van der Waals surface area contributed by atoms with Gasteiger partial charge in [0.25, 0.3) is 0 Å². The highest BCUT2D eigenvalue weighted by Crippen LogP contribution is 2.21. The average Bonchev–Trinajstić information content (AvgIpc) is 2.37. The fraction of sp³-hybridized carbons (Fsp3) is 1.00. The van der Waals surface area contributed by atoms with Crippen LogP contribution in [0.4, 0.5) is 0 Å². The summed E-state index contributed by atoms with van der Waals surface area (Å²) >= 11 is 0. The summed E-state index contributed by atoms with van der Waals surface area (Å²) in [5.41, 5.74) is 0. The van der Waals surface area contributed by atoms with Gasteiger partial charge in [0.05, 0.1) is 0 Å². The van der Waals surface area contributed by atoms with Crippen LogP contribution in [0.5, 0.6) is 0 Å². The van der Waals surface area contributed by atoms with Crippen molar-refractivity contribution in [1.82, 2.24) is 10.2 Å². The second-order valence-electron chi connectivity index (χ2n) is 5.77. The molecule has 0 radical (unpaired) electrons. The molecule has 0 aromatic heterocycles. The zero-order chi connectivity index (χ0) is 12.5. The van der Waals surface area contributed by atoms with Gasteiger partial charge >= 0.3 is 0 Å². The smallest absolute Gasteiger partial charge is 0.00922 e. The minimum atomic E-state index is 0.690. The highest BCUT2D eigenvalue weighted by Gasteiger charge is 2.17. The Morgan fingerprint density at radius 2 is 1.94 bits per heavy atom. The van der Waals surface area contributed by atoms with E-state index in [9.17, 15) is 0 Å². The fourth-order valence-corrected chi connectivity index (χ4v) is 2.84. The van der Waals surface area contributed by atoms with E-state index in [2.05, 4.69) is 31.1 Å². The SMILES string of the molecule is CCCNC(C)CCCN(C)C1CCCCC1. The van der Waals surface area contributed by atoms with Crippen LogP contribution in [0.1, 0.15) is 65.2 Å². The summed E-state index contributed by atoms with van der Waals surface area (Å²) in [5, 5.41) is 3.57. The second kappa shape index (κ2) is 8.93. The molecule has 1 fully saturated rings. The van der Waals surface area contributed by atoms with Crippen LogP contribution in [0.2, 0.25) is 0 Å². The highest BCUT2D eigenvalue weighted by molar-refractivity contribution is 4.73. The van der Waals surface area contributed by atoms with Gasteiger partial charge in [0.1, 0.15) is 0 Å². The molecule has 0 aromatic carbocycles. The van der Waals surface area contributed by atoms with E-state index >= 15 is 0 Å². The molecule has 1 aliphatic carbocycles. The first-order valence-corrected chi connectivity index (χ1v) is 7.67. The molecule has 0 aliphatic heterocycles. The van der Waals surface area contributed by atoms with Gasteiger partial charge in [0.15, 0.2) is 0 Å². The van der Waals surface area contributed by atoms with Crippen molar-refractivity contribution >= 4 is 0 Å². The number of hydrogen-bond donors (Lipinski definition) is 1. The molecular formula is C15H32N2. The Kier molecular flexibility index (Phi) is 7.87. The number of nitrogens with one attached hydrogen (secondary N) is 1. The Morgan fingerprint density at radius 3 is 2.59 bits per heavy atom. The maximum absolute atomic E-state index is 3.57. The lowest BCUT2D eigenvalue weighted by atomic mass is 9.94. The van der Waals surface area contributed by atoms with Gasteiger partial charge in [0.2, 0.25) is 0 Å². The van der Waals surface area contributed by atoms with Crippen LogP contribution in [0.15, 0.2) is 0 Å². The molecule has 102 valence electrons. The highest BCUT2D eigenvalue weighted by atomic mass is 15.1. The third kappa shape index (κ3) is 6.42. The molecule has 1 aliphatic rings. The second-order valence-corrected chi connectivity index (χ2v) is 5.77. The summed E-state index contributed by atoms with van der Waals surface area (Å²) in [6.45, 7) is 7.00. The molecule has 2 heteroatoms. The Bertz CT molecular complexity index is 176. The van der Waals surface area contributed by atoms with Gasteiger partial charge in [0, 0.05) is 12.1 Å². The first-order valence-electron chi connectivity index (χ1n) is 7.67. The molecule has 1 saturated carbocycles. The number of rotatable bonds is 8. The zero-order valence-corrected chi connectivity index (χ0v) is 12.2. The van der Waals surface area contributed by atoms with E-state index in [4.69, 9.17) is 0 Å². The Morgan fingerprint density at radius 1 is 1.24 bits per heavy atom. The van der Waals surface area contributed by atoms with Crippen molar-refractivity contribution in [1.29, 1.82) is 0 Å². The lowest BCUT2D eigenvalue weighted by Gasteiger charge is -2.31. The van der Waals surface area contributed by atoms with Crippen LogP contribution in [0.25, 0.3) is 0 Å². The first kappa shape index (κ1) is 15.0. The van der Waals surface area contributed by atoms with Crippen LogP contribution in [0, 0.1) is 0 Å². The van der Waals surface area contributed by atoms with Crippen LogP contribution < -0.4 is 5.32 Å². The Hall–Kier alpha value is -0.0800. The summed E-state index contributed by atoms with van der Waals surface area (Å²) in [4.78, 5) is 2.60. The Labute approximate surface area is 108 Å². The summed E-state index contributed by atoms with van der Waals surface area (Å²) in [7, 11) is 2.32. The number of nitrogens with zero attached hydrogens (tertiary/aromatic N) is 1. The molecular weight excluding hydrogens is 208 g/mol. The van der Waals surface area contributed by atoms with Gasteiger partial charge in [-0.05, 0) is 59.2 Å². The maximum Gasteiger partial charge on any atom is 0.00922 e. The summed E-state index contributed by atoms with van der Waals surface area (Å²) in [6.07, 6.45) is 11.1. The minimum absolute atomic E-state index is 0.690. The largest absolute Gasteiger partial charge is 0.314 e. The normalized spacial score (nSPS) is 19.8. The summed E-state index contributed by atoms with van der Waals surface area (Å²) in [6, 6.07) is 1.57. The van der Waals surface area contributed by atoms with Crippen LogP contribution in [-0.4, -0.2) is 37.1 Å². The van der Waals surface area contributed by atoms with E-state index in [1.807, 2.05) is 0 Å². The maximum atomic E-state index is 3.57. The summed E-state index contributed by atoms with van der Waals surface area (Å²) in [5.74, 6) is 0. The van der Waals surface area contributed by atoms with Crippen molar-refractivity contribution in [2.45, 2.75) is 77.3 Å². The molecule has 17 heavy (non-hydrogen) atoms. The molecule has 0 spiro atoms. The fourth-order valence-electron chi connectivity index (χ4n) is 2.84. The lowest BCUT2D eigenvalue weighted by molar-refractivity contribution is 0.187. The van der Waals surface area contributed by atoms with Gasteiger partial charge in [-0.25, -0.2) is 0 Å². The van der Waals surface area contributed by atoms with Crippen molar-refractivity contribution in [3.05, 3.63) is 0 Å². The van der Waals surface area contributed by atoms with E-state index in [1.165, 1.54) is 64.5 Å². The van der Waals surface area contributed by atoms with E-state index in [1.54, 1.807) is 0 Å². The van der Waals surface area contributed by atoms with Crippen molar-refractivity contribution in [3.63, 3.8) is 0 Å². The summed E-state index contributed by atoms with van der Waals surface area (Å²) < 4.78 is 0. The molecule has 1 rings (SSSR count).